The standard InChI is InChI=1S/C23H18ClFN4OS.ClH/c24-16-3-1-2-14(9-16)20-21(25)15(10-18-22(20)28-12-31-18)8-13-4-5-19(27-11-13)29-7-6-17(29)23(26)30;/h1-5,9-12,17H,6-8H2,(H2,26,30);1H. The highest BCUT2D eigenvalue weighted by molar-refractivity contribution is 7.16. The highest BCUT2D eigenvalue weighted by atomic mass is 35.5. The lowest BCUT2D eigenvalue weighted by Crippen LogP contribution is -2.55. The molecule has 0 saturated carbocycles. The summed E-state index contributed by atoms with van der Waals surface area (Å²) in [6.07, 6.45) is 2.85. The Hall–Kier alpha value is -2.74. The summed E-state index contributed by atoms with van der Waals surface area (Å²) in [5, 5.41) is 0.547. The molecule has 32 heavy (non-hydrogen) atoms. The molecule has 164 valence electrons. The van der Waals surface area contributed by atoms with Gasteiger partial charge in [-0.2, -0.15) is 0 Å². The molecule has 3 heterocycles. The van der Waals surface area contributed by atoms with Crippen LogP contribution in [0.5, 0.6) is 0 Å². The van der Waals surface area contributed by atoms with Crippen molar-refractivity contribution in [1.82, 2.24) is 9.97 Å². The van der Waals surface area contributed by atoms with E-state index in [0.29, 0.717) is 39.5 Å². The first-order chi connectivity index (χ1) is 15.0. The second kappa shape index (κ2) is 9.02. The zero-order valence-electron chi connectivity index (χ0n) is 16.8. The zero-order valence-corrected chi connectivity index (χ0v) is 19.2. The van der Waals surface area contributed by atoms with Crippen LogP contribution in [0.15, 0.2) is 54.2 Å². The third-order valence-corrected chi connectivity index (χ3v) is 6.61. The molecule has 5 rings (SSSR count). The predicted molar refractivity (Wildman–Crippen MR) is 129 cm³/mol. The van der Waals surface area contributed by atoms with Gasteiger partial charge in [-0.25, -0.2) is 14.4 Å². The molecular formula is C23H19Cl2FN4OS. The van der Waals surface area contributed by atoms with Gasteiger partial charge in [0.25, 0.3) is 0 Å². The third-order valence-electron chi connectivity index (χ3n) is 5.60. The minimum absolute atomic E-state index is 0. The lowest BCUT2D eigenvalue weighted by atomic mass is 9.97. The van der Waals surface area contributed by atoms with Crippen molar-refractivity contribution in [2.45, 2.75) is 18.9 Å². The number of pyridine rings is 1. The number of rotatable bonds is 5. The van der Waals surface area contributed by atoms with Crippen LogP contribution in [0.25, 0.3) is 21.3 Å². The topological polar surface area (TPSA) is 72.1 Å². The number of nitrogens with two attached hydrogens (primary N) is 1. The molecule has 0 bridgehead atoms. The number of halogens is 3. The minimum Gasteiger partial charge on any atom is -0.368 e. The molecule has 2 N–H and O–H groups in total. The van der Waals surface area contributed by atoms with Crippen molar-refractivity contribution in [2.24, 2.45) is 5.73 Å². The first-order valence-electron chi connectivity index (χ1n) is 9.82. The highest BCUT2D eigenvalue weighted by Gasteiger charge is 2.33. The number of carbonyl (C=O) groups excluding carboxylic acids is 1. The Morgan fingerprint density at radius 3 is 2.75 bits per heavy atom. The largest absolute Gasteiger partial charge is 0.368 e. The number of hydrogen-bond acceptors (Lipinski definition) is 5. The van der Waals surface area contributed by atoms with Crippen LogP contribution in [0.4, 0.5) is 10.2 Å². The molecule has 1 aliphatic rings. The van der Waals surface area contributed by atoms with E-state index >= 15 is 4.39 Å². The van der Waals surface area contributed by atoms with E-state index in [9.17, 15) is 4.79 Å². The Kier molecular flexibility index (Phi) is 6.33. The number of nitrogens with zero attached hydrogens (tertiary/aromatic N) is 3. The molecule has 1 amide bonds. The molecule has 2 aromatic carbocycles. The van der Waals surface area contributed by atoms with Crippen molar-refractivity contribution < 1.29 is 9.18 Å². The predicted octanol–water partition coefficient (Wildman–Crippen LogP) is 5.23. The average Bonchev–Trinajstić information content (AvgIpc) is 3.16. The number of hydrogen-bond donors (Lipinski definition) is 1. The Morgan fingerprint density at radius 1 is 1.25 bits per heavy atom. The van der Waals surface area contributed by atoms with Gasteiger partial charge in [-0.1, -0.05) is 29.8 Å². The van der Waals surface area contributed by atoms with E-state index in [-0.39, 0.29) is 30.2 Å². The monoisotopic (exact) mass is 488 g/mol. The summed E-state index contributed by atoms with van der Waals surface area (Å²) in [4.78, 5) is 22.2. The molecule has 1 saturated heterocycles. The number of primary amides is 1. The smallest absolute Gasteiger partial charge is 0.240 e. The average molecular weight is 489 g/mol. The molecule has 0 radical (unpaired) electrons. The Labute approximate surface area is 199 Å². The van der Waals surface area contributed by atoms with E-state index < -0.39 is 0 Å². The van der Waals surface area contributed by atoms with Crippen LogP contribution in [-0.4, -0.2) is 28.5 Å². The van der Waals surface area contributed by atoms with E-state index in [1.54, 1.807) is 29.9 Å². The van der Waals surface area contributed by atoms with E-state index in [4.69, 9.17) is 17.3 Å². The van der Waals surface area contributed by atoms with Crippen LogP contribution >= 0.6 is 35.3 Å². The summed E-state index contributed by atoms with van der Waals surface area (Å²) < 4.78 is 16.6. The molecule has 1 unspecified atom stereocenters. The second-order valence-corrected chi connectivity index (χ2v) is 8.86. The number of fused-ring (bicyclic) bond motifs is 1. The summed E-state index contributed by atoms with van der Waals surface area (Å²) in [5.41, 5.74) is 10.4. The Bertz CT molecular complexity index is 1300. The summed E-state index contributed by atoms with van der Waals surface area (Å²) in [6, 6.07) is 12.5. The number of benzene rings is 2. The Balaban J connectivity index is 0.00000245. The van der Waals surface area contributed by atoms with Gasteiger partial charge in [0.05, 0.1) is 15.7 Å². The quantitative estimate of drug-likeness (QED) is 0.417. The third kappa shape index (κ3) is 4.03. The molecular weight excluding hydrogens is 470 g/mol. The lowest BCUT2D eigenvalue weighted by molar-refractivity contribution is -0.120. The zero-order chi connectivity index (χ0) is 21.5. The highest BCUT2D eigenvalue weighted by Crippen LogP contribution is 2.36. The molecule has 0 spiro atoms. The maximum absolute atomic E-state index is 15.6. The van der Waals surface area contributed by atoms with Gasteiger partial charge >= 0.3 is 0 Å². The molecule has 9 heteroatoms. The van der Waals surface area contributed by atoms with E-state index in [2.05, 4.69) is 9.97 Å². The summed E-state index contributed by atoms with van der Waals surface area (Å²) in [7, 11) is 0. The van der Waals surface area contributed by atoms with Gasteiger partial charge in [0, 0.05) is 29.7 Å². The number of anilines is 1. The van der Waals surface area contributed by atoms with E-state index in [1.807, 2.05) is 29.2 Å². The molecule has 0 aliphatic carbocycles. The van der Waals surface area contributed by atoms with Gasteiger partial charge in [-0.05, 0) is 47.4 Å². The van der Waals surface area contributed by atoms with Crippen molar-refractivity contribution >= 4 is 57.3 Å². The first-order valence-corrected chi connectivity index (χ1v) is 11.1. The van der Waals surface area contributed by atoms with Crippen molar-refractivity contribution in [3.63, 3.8) is 0 Å². The van der Waals surface area contributed by atoms with Crippen molar-refractivity contribution in [3.05, 3.63) is 76.1 Å². The van der Waals surface area contributed by atoms with Gasteiger partial charge in [-0.15, -0.1) is 23.7 Å². The number of thiazole rings is 1. The number of carbonyl (C=O) groups is 1. The molecule has 4 aromatic rings. The van der Waals surface area contributed by atoms with Crippen LogP contribution in [0.2, 0.25) is 5.02 Å². The van der Waals surface area contributed by atoms with Gasteiger partial charge < -0.3 is 10.6 Å². The SMILES string of the molecule is Cl.NC(=O)C1CCN1c1ccc(Cc2cc3scnc3c(-c3cccc(Cl)c3)c2F)cn1. The van der Waals surface area contributed by atoms with Gasteiger partial charge in [0.15, 0.2) is 0 Å². The second-order valence-electron chi connectivity index (χ2n) is 7.54. The van der Waals surface area contributed by atoms with Gasteiger partial charge in [-0.3, -0.25) is 4.79 Å². The first kappa shape index (κ1) is 22.5. The molecule has 5 nitrogen and oxygen atoms in total. The van der Waals surface area contributed by atoms with Crippen molar-refractivity contribution in [2.75, 3.05) is 11.4 Å². The van der Waals surface area contributed by atoms with Gasteiger partial charge in [0.1, 0.15) is 17.7 Å². The van der Waals surface area contributed by atoms with E-state index in [0.717, 1.165) is 23.2 Å². The minimum atomic E-state index is -0.342. The van der Waals surface area contributed by atoms with Crippen molar-refractivity contribution in [3.8, 4) is 11.1 Å². The van der Waals surface area contributed by atoms with Crippen LogP contribution in [0, 0.1) is 5.82 Å². The lowest BCUT2D eigenvalue weighted by Gasteiger charge is -2.39. The van der Waals surface area contributed by atoms with E-state index in [1.165, 1.54) is 11.3 Å². The Morgan fingerprint density at radius 2 is 2.09 bits per heavy atom. The van der Waals surface area contributed by atoms with Crippen LogP contribution in [-0.2, 0) is 11.2 Å². The molecule has 1 aliphatic heterocycles. The molecule has 2 aromatic heterocycles. The van der Waals surface area contributed by atoms with Crippen molar-refractivity contribution in [1.29, 1.82) is 0 Å². The summed E-state index contributed by atoms with van der Waals surface area (Å²) in [6.45, 7) is 0.750. The fraction of sp³-hybridized carbons (Fsp3) is 0.174. The van der Waals surface area contributed by atoms with Crippen LogP contribution < -0.4 is 10.6 Å². The molecule has 1 atom stereocenters. The molecule has 1 fully saturated rings. The summed E-state index contributed by atoms with van der Waals surface area (Å²) >= 11 is 7.62. The fourth-order valence-corrected chi connectivity index (χ4v) is 4.87. The fourth-order valence-electron chi connectivity index (χ4n) is 3.94. The number of aromatic nitrogens is 2. The normalized spacial score (nSPS) is 15.3. The van der Waals surface area contributed by atoms with Crippen LogP contribution in [0.1, 0.15) is 17.5 Å². The van der Waals surface area contributed by atoms with Gasteiger partial charge in [0.2, 0.25) is 5.91 Å². The maximum atomic E-state index is 15.6. The maximum Gasteiger partial charge on any atom is 0.240 e. The summed E-state index contributed by atoms with van der Waals surface area (Å²) in [5.74, 6) is 0.0590. The van der Waals surface area contributed by atoms with Crippen LogP contribution in [0.3, 0.4) is 0 Å². The number of amides is 1.